The van der Waals surface area contributed by atoms with Gasteiger partial charge in [0.05, 0.1) is 15.6 Å². The van der Waals surface area contributed by atoms with E-state index in [4.69, 9.17) is 11.6 Å². The molecule has 0 N–H and O–H groups in total. The molecular formula is C21H23BrClN3O3S. The van der Waals surface area contributed by atoms with Gasteiger partial charge in [-0.25, -0.2) is 8.42 Å². The Morgan fingerprint density at radius 1 is 1.10 bits per heavy atom. The average Bonchev–Trinajstić information content (AvgIpc) is 3.02. The number of carbonyl (C=O) groups is 1. The summed E-state index contributed by atoms with van der Waals surface area (Å²) < 4.78 is 28.9. The van der Waals surface area contributed by atoms with Crippen LogP contribution in [0.25, 0.3) is 0 Å². The number of halogens is 2. The van der Waals surface area contributed by atoms with Gasteiger partial charge in [-0.15, -0.1) is 0 Å². The Balaban J connectivity index is 1.60. The van der Waals surface area contributed by atoms with Gasteiger partial charge in [0.25, 0.3) is 0 Å². The van der Waals surface area contributed by atoms with E-state index in [0.717, 1.165) is 11.3 Å². The highest BCUT2D eigenvalue weighted by molar-refractivity contribution is 9.10. The zero-order valence-corrected chi connectivity index (χ0v) is 20.0. The van der Waals surface area contributed by atoms with Gasteiger partial charge in [0.15, 0.2) is 0 Å². The number of sulfonamides is 1. The third-order valence-electron chi connectivity index (χ3n) is 5.74. The Morgan fingerprint density at radius 3 is 2.40 bits per heavy atom. The fourth-order valence-corrected chi connectivity index (χ4v) is 7.06. The van der Waals surface area contributed by atoms with Gasteiger partial charge in [0.2, 0.25) is 15.9 Å². The maximum Gasteiger partial charge on any atom is 0.244 e. The summed E-state index contributed by atoms with van der Waals surface area (Å²) in [5.74, 6) is -0.0831. The molecule has 0 saturated carbocycles. The highest BCUT2D eigenvalue weighted by Crippen LogP contribution is 2.39. The van der Waals surface area contributed by atoms with Crippen molar-refractivity contribution in [2.45, 2.75) is 31.2 Å². The molecule has 1 fully saturated rings. The van der Waals surface area contributed by atoms with E-state index in [0.29, 0.717) is 47.8 Å². The Labute approximate surface area is 190 Å². The number of rotatable bonds is 3. The molecule has 2 aliphatic heterocycles. The monoisotopic (exact) mass is 511 g/mol. The summed E-state index contributed by atoms with van der Waals surface area (Å²) in [7, 11) is -3.71. The Bertz CT molecular complexity index is 1100. The molecule has 0 aromatic heterocycles. The highest BCUT2D eigenvalue weighted by Gasteiger charge is 2.35. The average molecular weight is 513 g/mol. The first-order chi connectivity index (χ1) is 14.2. The second-order valence-corrected chi connectivity index (χ2v) is 10.9. The van der Waals surface area contributed by atoms with E-state index in [1.807, 2.05) is 37.3 Å². The first-order valence-electron chi connectivity index (χ1n) is 9.82. The second-order valence-electron chi connectivity index (χ2n) is 7.70. The number of hydrogen-bond donors (Lipinski definition) is 0. The third-order valence-corrected chi connectivity index (χ3v) is 8.91. The zero-order chi connectivity index (χ0) is 21.6. The first-order valence-corrected chi connectivity index (χ1v) is 12.4. The molecule has 1 amide bonds. The molecule has 0 bridgehead atoms. The van der Waals surface area contributed by atoms with Crippen LogP contribution in [0.5, 0.6) is 0 Å². The number of carbonyl (C=O) groups excluding carboxylic acids is 1. The van der Waals surface area contributed by atoms with Crippen LogP contribution >= 0.6 is 27.5 Å². The van der Waals surface area contributed by atoms with Crippen LogP contribution in [-0.4, -0.2) is 50.9 Å². The Hall–Kier alpha value is -1.61. The summed E-state index contributed by atoms with van der Waals surface area (Å²) in [6.45, 7) is 5.32. The Kier molecular flexibility index (Phi) is 5.87. The van der Waals surface area contributed by atoms with Gasteiger partial charge in [-0.2, -0.15) is 4.31 Å². The molecule has 1 saturated heterocycles. The fraction of sp³-hybridized carbons (Fsp3) is 0.381. The van der Waals surface area contributed by atoms with Crippen molar-refractivity contribution in [3.8, 4) is 0 Å². The van der Waals surface area contributed by atoms with Crippen molar-refractivity contribution < 1.29 is 13.2 Å². The molecule has 2 aromatic carbocycles. The van der Waals surface area contributed by atoms with E-state index in [-0.39, 0.29) is 16.8 Å². The van der Waals surface area contributed by atoms with Crippen LogP contribution in [0.2, 0.25) is 5.02 Å². The molecule has 2 aromatic rings. The first kappa shape index (κ1) is 21.6. The molecule has 6 nitrogen and oxygen atoms in total. The van der Waals surface area contributed by atoms with Crippen molar-refractivity contribution in [2.24, 2.45) is 0 Å². The highest BCUT2D eigenvalue weighted by atomic mass is 79.9. The minimum Gasteiger partial charge on any atom is -0.368 e. The van der Waals surface area contributed by atoms with E-state index in [2.05, 4.69) is 20.8 Å². The molecule has 0 radical (unpaired) electrons. The lowest BCUT2D eigenvalue weighted by Gasteiger charge is -2.36. The lowest BCUT2D eigenvalue weighted by atomic mass is 10.1. The van der Waals surface area contributed by atoms with E-state index in [1.165, 1.54) is 11.2 Å². The normalized spacial score (nSPS) is 19.8. The number of anilines is 2. The van der Waals surface area contributed by atoms with Gasteiger partial charge in [0, 0.05) is 49.3 Å². The van der Waals surface area contributed by atoms with Crippen molar-refractivity contribution in [3.05, 3.63) is 51.5 Å². The number of para-hydroxylation sites is 1. The minimum absolute atomic E-state index is 0.0153. The van der Waals surface area contributed by atoms with E-state index in [9.17, 15) is 13.2 Å². The predicted octanol–water partition coefficient (Wildman–Crippen LogP) is 3.91. The number of amides is 1. The lowest BCUT2D eigenvalue weighted by Crippen LogP contribution is -2.48. The van der Waals surface area contributed by atoms with Crippen LogP contribution in [0.1, 0.15) is 19.4 Å². The number of nitrogens with zero attached hydrogens (tertiary/aromatic N) is 3. The van der Waals surface area contributed by atoms with Gasteiger partial charge in [-0.3, -0.25) is 4.79 Å². The molecule has 160 valence electrons. The SMILES string of the molecule is CC(=O)N1c2cc(S(=O)(=O)N3CCN(c4ccccc4Cl)CC3)c(Br)cc2CC1C. The summed E-state index contributed by atoms with van der Waals surface area (Å²) in [6.07, 6.45) is 0.713. The van der Waals surface area contributed by atoms with Crippen LogP contribution in [0.15, 0.2) is 45.8 Å². The standard InChI is InChI=1S/C21H23BrClN3O3S/c1-14-11-16-12-17(22)21(13-20(16)26(14)15(2)27)30(28,29)25-9-7-24(8-10-25)19-6-4-3-5-18(19)23/h3-6,12-14H,7-11H2,1-2H3. The quantitative estimate of drug-likeness (QED) is 0.626. The van der Waals surface area contributed by atoms with Crippen LogP contribution in [0.4, 0.5) is 11.4 Å². The van der Waals surface area contributed by atoms with Gasteiger partial charge in [-0.05, 0) is 59.1 Å². The molecular weight excluding hydrogens is 490 g/mol. The van der Waals surface area contributed by atoms with Crippen molar-refractivity contribution in [3.63, 3.8) is 0 Å². The number of piperazine rings is 1. The Morgan fingerprint density at radius 2 is 1.77 bits per heavy atom. The molecule has 2 aliphatic rings. The van der Waals surface area contributed by atoms with Gasteiger partial charge < -0.3 is 9.80 Å². The molecule has 9 heteroatoms. The maximum atomic E-state index is 13.4. The van der Waals surface area contributed by atoms with Gasteiger partial charge >= 0.3 is 0 Å². The largest absolute Gasteiger partial charge is 0.368 e. The van der Waals surface area contributed by atoms with Crippen LogP contribution < -0.4 is 9.80 Å². The number of benzene rings is 2. The molecule has 0 spiro atoms. The van der Waals surface area contributed by atoms with E-state index >= 15 is 0 Å². The summed E-state index contributed by atoms with van der Waals surface area (Å²) in [5, 5.41) is 0.661. The smallest absolute Gasteiger partial charge is 0.244 e. The maximum absolute atomic E-state index is 13.4. The molecule has 4 rings (SSSR count). The van der Waals surface area contributed by atoms with Crippen molar-refractivity contribution in [1.82, 2.24) is 4.31 Å². The van der Waals surface area contributed by atoms with Crippen molar-refractivity contribution in [2.75, 3.05) is 36.0 Å². The predicted molar refractivity (Wildman–Crippen MR) is 123 cm³/mol. The number of hydrogen-bond acceptors (Lipinski definition) is 4. The lowest BCUT2D eigenvalue weighted by molar-refractivity contribution is -0.116. The van der Waals surface area contributed by atoms with Crippen molar-refractivity contribution >= 4 is 54.8 Å². The van der Waals surface area contributed by atoms with Crippen LogP contribution in [0, 0.1) is 0 Å². The topological polar surface area (TPSA) is 60.9 Å². The fourth-order valence-electron chi connectivity index (χ4n) is 4.31. The number of fused-ring (bicyclic) bond motifs is 1. The van der Waals surface area contributed by atoms with Gasteiger partial charge in [-0.1, -0.05) is 23.7 Å². The summed E-state index contributed by atoms with van der Waals surface area (Å²) in [5.41, 5.74) is 2.58. The molecule has 2 heterocycles. The van der Waals surface area contributed by atoms with Crippen LogP contribution in [-0.2, 0) is 21.2 Å². The van der Waals surface area contributed by atoms with Crippen LogP contribution in [0.3, 0.4) is 0 Å². The van der Waals surface area contributed by atoms with Gasteiger partial charge in [0.1, 0.15) is 0 Å². The molecule has 1 atom stereocenters. The summed E-state index contributed by atoms with van der Waals surface area (Å²) in [4.78, 5) is 16.1. The summed E-state index contributed by atoms with van der Waals surface area (Å²) >= 11 is 9.74. The van der Waals surface area contributed by atoms with Crippen molar-refractivity contribution in [1.29, 1.82) is 0 Å². The van der Waals surface area contributed by atoms with E-state index < -0.39 is 10.0 Å². The third kappa shape index (κ3) is 3.75. The molecule has 30 heavy (non-hydrogen) atoms. The zero-order valence-electron chi connectivity index (χ0n) is 16.8. The van der Waals surface area contributed by atoms with E-state index in [1.54, 1.807) is 11.0 Å². The summed E-state index contributed by atoms with van der Waals surface area (Å²) in [6, 6.07) is 11.1. The minimum atomic E-state index is -3.71. The molecule has 0 aliphatic carbocycles. The second kappa shape index (κ2) is 8.15. The molecule has 1 unspecified atom stereocenters.